The second-order valence-electron chi connectivity index (χ2n) is 9.16. The van der Waals surface area contributed by atoms with Crippen molar-refractivity contribution in [3.8, 4) is 11.5 Å². The highest BCUT2D eigenvalue weighted by molar-refractivity contribution is 6.08. The van der Waals surface area contributed by atoms with E-state index in [9.17, 15) is 4.79 Å². The number of rotatable bonds is 5. The van der Waals surface area contributed by atoms with E-state index in [-0.39, 0.29) is 23.9 Å². The number of carbonyl (C=O) groups is 1. The van der Waals surface area contributed by atoms with Crippen LogP contribution in [0.25, 0.3) is 0 Å². The molecule has 2 aliphatic heterocycles. The summed E-state index contributed by atoms with van der Waals surface area (Å²) in [6.45, 7) is 2.91. The van der Waals surface area contributed by atoms with Crippen molar-refractivity contribution in [3.63, 3.8) is 0 Å². The highest BCUT2D eigenvalue weighted by Crippen LogP contribution is 2.68. The minimum atomic E-state index is -0.433. The molecule has 1 spiro atoms. The molecule has 4 aliphatic rings. The molecular formula is C26H27NO4. The van der Waals surface area contributed by atoms with Gasteiger partial charge in [-0.1, -0.05) is 42.0 Å². The molecule has 160 valence electrons. The van der Waals surface area contributed by atoms with Crippen LogP contribution in [0.5, 0.6) is 11.5 Å². The summed E-state index contributed by atoms with van der Waals surface area (Å²) in [5.41, 5.74) is 4.15. The van der Waals surface area contributed by atoms with Crippen LogP contribution in [-0.2, 0) is 17.7 Å². The van der Waals surface area contributed by atoms with Crippen molar-refractivity contribution >= 4 is 5.78 Å². The first kappa shape index (κ1) is 19.1. The fourth-order valence-corrected chi connectivity index (χ4v) is 6.09. The zero-order chi connectivity index (χ0) is 21.2. The summed E-state index contributed by atoms with van der Waals surface area (Å²) in [6.07, 6.45) is 4.38. The van der Waals surface area contributed by atoms with E-state index in [4.69, 9.17) is 14.2 Å². The topological polar surface area (TPSA) is 51.3 Å². The molecule has 0 aromatic heterocycles. The number of nitrogens with zero attached hydrogens (tertiary/aromatic N) is 1. The number of Topliss-reactive ketones (excluding diaryl/α,β-unsaturated/α-hetero) is 1. The first-order chi connectivity index (χ1) is 15.2. The molecule has 31 heavy (non-hydrogen) atoms. The van der Waals surface area contributed by atoms with Gasteiger partial charge in [0.05, 0.1) is 31.8 Å². The number of hydrogen-bond acceptors (Lipinski definition) is 5. The van der Waals surface area contributed by atoms with E-state index in [0.29, 0.717) is 11.5 Å². The van der Waals surface area contributed by atoms with E-state index < -0.39 is 5.41 Å². The van der Waals surface area contributed by atoms with E-state index >= 15 is 0 Å². The Balaban J connectivity index is 1.24. The zero-order valence-electron chi connectivity index (χ0n) is 18.0. The number of ether oxygens (including phenoxy) is 3. The summed E-state index contributed by atoms with van der Waals surface area (Å²) in [7, 11) is 3.25. The molecule has 5 heteroatoms. The maximum atomic E-state index is 13.7. The Morgan fingerprint density at radius 2 is 1.90 bits per heavy atom. The zero-order valence-corrected chi connectivity index (χ0v) is 18.0. The van der Waals surface area contributed by atoms with Crippen LogP contribution in [0.2, 0.25) is 0 Å². The summed E-state index contributed by atoms with van der Waals surface area (Å²) in [4.78, 5) is 16.1. The minimum Gasteiger partial charge on any atom is -0.493 e. The largest absolute Gasteiger partial charge is 0.493 e. The number of methoxy groups -OCH3 is 2. The first-order valence-electron chi connectivity index (χ1n) is 11.1. The molecule has 2 aromatic carbocycles. The predicted molar refractivity (Wildman–Crippen MR) is 117 cm³/mol. The Bertz CT molecular complexity index is 1080. The van der Waals surface area contributed by atoms with Gasteiger partial charge in [0.2, 0.25) is 0 Å². The van der Waals surface area contributed by atoms with E-state index in [1.165, 1.54) is 11.1 Å². The molecule has 2 aliphatic carbocycles. The molecular weight excluding hydrogens is 390 g/mol. The quantitative estimate of drug-likeness (QED) is 0.549. The van der Waals surface area contributed by atoms with E-state index in [2.05, 4.69) is 41.3 Å². The second kappa shape index (κ2) is 6.94. The molecule has 0 amide bonds. The monoisotopic (exact) mass is 417 g/mol. The normalized spacial score (nSPS) is 31.0. The lowest BCUT2D eigenvalue weighted by Gasteiger charge is -2.44. The van der Waals surface area contributed by atoms with Crippen LogP contribution in [0, 0.1) is 11.3 Å². The minimum absolute atomic E-state index is 0.0673. The lowest BCUT2D eigenvalue weighted by Crippen LogP contribution is -2.55. The molecule has 2 aromatic rings. The number of epoxide rings is 1. The van der Waals surface area contributed by atoms with Crippen LogP contribution in [0.15, 0.2) is 54.1 Å². The first-order valence-corrected chi connectivity index (χ1v) is 11.1. The third kappa shape index (κ3) is 2.73. The molecule has 0 N–H and O–H groups in total. The molecule has 6 rings (SSSR count). The van der Waals surface area contributed by atoms with Crippen LogP contribution in [0.4, 0.5) is 0 Å². The smallest absolute Gasteiger partial charge is 0.173 e. The van der Waals surface area contributed by atoms with Crippen LogP contribution >= 0.6 is 0 Å². The Hall–Kier alpha value is -2.63. The van der Waals surface area contributed by atoms with Crippen molar-refractivity contribution in [1.29, 1.82) is 0 Å². The van der Waals surface area contributed by atoms with Gasteiger partial charge < -0.3 is 14.2 Å². The van der Waals surface area contributed by atoms with Crippen molar-refractivity contribution in [2.75, 3.05) is 27.3 Å². The van der Waals surface area contributed by atoms with E-state index in [0.717, 1.165) is 43.6 Å². The maximum absolute atomic E-state index is 13.7. The fraction of sp³-hybridized carbons (Fsp3) is 0.423. The van der Waals surface area contributed by atoms with Crippen molar-refractivity contribution in [3.05, 3.63) is 70.8 Å². The molecule has 1 saturated carbocycles. The van der Waals surface area contributed by atoms with Gasteiger partial charge in [-0.05, 0) is 36.1 Å². The van der Waals surface area contributed by atoms with Crippen molar-refractivity contribution in [2.24, 2.45) is 11.3 Å². The van der Waals surface area contributed by atoms with Gasteiger partial charge in [-0.25, -0.2) is 0 Å². The Kier molecular flexibility index (Phi) is 4.27. The standard InChI is InChI=1S/C26H27NO4/c1-29-20-12-18-14-26(24(28)19(18)13-21(20)30-2)22(23-25(26)31-23)17-8-10-27(11-9-17)15-16-6-4-3-5-7-16/h3-8,12-13,22-23,25H,9-11,14-15H2,1-2H3/t22?,23?,25-,26+/m1/s1. The highest BCUT2D eigenvalue weighted by atomic mass is 16.6. The molecule has 2 heterocycles. The Morgan fingerprint density at radius 3 is 2.61 bits per heavy atom. The molecule has 4 atom stereocenters. The van der Waals surface area contributed by atoms with Gasteiger partial charge in [-0.2, -0.15) is 0 Å². The summed E-state index contributed by atoms with van der Waals surface area (Å²) in [6, 6.07) is 14.4. The Morgan fingerprint density at radius 1 is 1.13 bits per heavy atom. The fourth-order valence-electron chi connectivity index (χ4n) is 6.09. The van der Waals surface area contributed by atoms with Crippen molar-refractivity contribution < 1.29 is 19.0 Å². The third-order valence-corrected chi connectivity index (χ3v) is 7.65. The van der Waals surface area contributed by atoms with Gasteiger partial charge in [0, 0.05) is 31.1 Å². The average molecular weight is 418 g/mol. The van der Waals surface area contributed by atoms with Gasteiger partial charge >= 0.3 is 0 Å². The Labute approximate surface area is 182 Å². The molecule has 5 nitrogen and oxygen atoms in total. The lowest BCUT2D eigenvalue weighted by molar-refractivity contribution is 0.0581. The van der Waals surface area contributed by atoms with Crippen LogP contribution in [0.3, 0.4) is 0 Å². The number of benzene rings is 2. The SMILES string of the molecule is COc1cc2c(cc1OC)C(=O)[C@]1(C2)C(C2=CCN(Cc3ccccc3)CC2)C2O[C@H]21. The van der Waals surface area contributed by atoms with E-state index in [1.807, 2.05) is 12.1 Å². The molecule has 1 saturated heterocycles. The molecule has 2 unspecified atom stereocenters. The summed E-state index contributed by atoms with van der Waals surface area (Å²) >= 11 is 0. The summed E-state index contributed by atoms with van der Waals surface area (Å²) in [5.74, 6) is 1.72. The average Bonchev–Trinajstić information content (AvgIpc) is 3.46. The number of carbonyl (C=O) groups excluding carboxylic acids is 1. The van der Waals surface area contributed by atoms with Crippen molar-refractivity contribution in [1.82, 2.24) is 4.90 Å². The highest BCUT2D eigenvalue weighted by Gasteiger charge is 2.78. The van der Waals surface area contributed by atoms with Gasteiger partial charge in [0.25, 0.3) is 0 Å². The third-order valence-electron chi connectivity index (χ3n) is 7.65. The molecule has 2 fully saturated rings. The van der Waals surface area contributed by atoms with Gasteiger partial charge in [-0.15, -0.1) is 0 Å². The second-order valence-corrected chi connectivity index (χ2v) is 9.16. The summed E-state index contributed by atoms with van der Waals surface area (Å²) in [5, 5.41) is 0. The van der Waals surface area contributed by atoms with Gasteiger partial charge in [0.15, 0.2) is 17.3 Å². The van der Waals surface area contributed by atoms with Crippen molar-refractivity contribution in [2.45, 2.75) is 31.6 Å². The van der Waals surface area contributed by atoms with Crippen LogP contribution in [0.1, 0.15) is 27.9 Å². The molecule has 0 bridgehead atoms. The van der Waals surface area contributed by atoms with Crippen LogP contribution < -0.4 is 9.47 Å². The number of fused-ring (bicyclic) bond motifs is 3. The van der Waals surface area contributed by atoms with E-state index in [1.54, 1.807) is 14.2 Å². The lowest BCUT2D eigenvalue weighted by atomic mass is 9.55. The number of ketones is 1. The van der Waals surface area contributed by atoms with Gasteiger partial charge in [0.1, 0.15) is 0 Å². The van der Waals surface area contributed by atoms with Gasteiger partial charge in [-0.3, -0.25) is 9.69 Å². The predicted octanol–water partition coefficient (Wildman–Crippen LogP) is 3.66. The maximum Gasteiger partial charge on any atom is 0.173 e. The molecule has 0 radical (unpaired) electrons. The summed E-state index contributed by atoms with van der Waals surface area (Å²) < 4.78 is 16.9. The van der Waals surface area contributed by atoms with Crippen LogP contribution in [-0.4, -0.2) is 50.2 Å². The number of hydrogen-bond donors (Lipinski definition) is 0.